The van der Waals surface area contributed by atoms with Crippen LogP contribution in [-0.2, 0) is 10.0 Å². The lowest BCUT2D eigenvalue weighted by atomic mass is 10.3. The number of nitrogens with one attached hydrogen (secondary N) is 2. The predicted octanol–water partition coefficient (Wildman–Crippen LogP) is 1.25. The van der Waals surface area contributed by atoms with Gasteiger partial charge in [-0.15, -0.1) is 0 Å². The Morgan fingerprint density at radius 3 is 2.33 bits per heavy atom. The van der Waals surface area contributed by atoms with Crippen LogP contribution in [-0.4, -0.2) is 20.5 Å². The van der Waals surface area contributed by atoms with Crippen molar-refractivity contribution in [2.24, 2.45) is 5.73 Å². The number of carbonyl (C=O) groups is 1. The van der Waals surface area contributed by atoms with Crippen molar-refractivity contribution < 1.29 is 13.2 Å². The van der Waals surface area contributed by atoms with E-state index >= 15 is 0 Å². The molecule has 100 valence electrons. The second kappa shape index (κ2) is 5.83. The summed E-state index contributed by atoms with van der Waals surface area (Å²) in [5.41, 5.74) is 5.40. The average molecular weight is 271 g/mol. The molecule has 7 heteroatoms. The normalized spacial score (nSPS) is 13.0. The summed E-state index contributed by atoms with van der Waals surface area (Å²) in [4.78, 5) is 10.8. The molecule has 0 saturated heterocycles. The average Bonchev–Trinajstić information content (AvgIpc) is 2.28. The first kappa shape index (κ1) is 14.5. The zero-order valence-electron chi connectivity index (χ0n) is 10.3. The molecule has 1 atom stereocenters. The molecule has 0 radical (unpaired) electrons. The molecule has 18 heavy (non-hydrogen) atoms. The minimum absolute atomic E-state index is 0.126. The summed E-state index contributed by atoms with van der Waals surface area (Å²) in [6, 6.07) is 4.97. The van der Waals surface area contributed by atoms with Crippen molar-refractivity contribution in [3.05, 3.63) is 24.3 Å². The Balaban J connectivity index is 2.87. The number of rotatable bonds is 5. The lowest BCUT2D eigenvalue weighted by molar-refractivity contribution is 0.259. The molecule has 1 rings (SSSR count). The van der Waals surface area contributed by atoms with Crippen LogP contribution in [0.15, 0.2) is 29.2 Å². The molecule has 0 fully saturated rings. The third-order valence-corrected chi connectivity index (χ3v) is 4.01. The third kappa shape index (κ3) is 4.01. The Morgan fingerprint density at radius 1 is 1.33 bits per heavy atom. The van der Waals surface area contributed by atoms with Crippen molar-refractivity contribution >= 4 is 21.7 Å². The summed E-state index contributed by atoms with van der Waals surface area (Å²) in [6.45, 7) is 3.69. The van der Waals surface area contributed by atoms with Gasteiger partial charge in [-0.05, 0) is 37.6 Å². The van der Waals surface area contributed by atoms with Crippen molar-refractivity contribution in [1.82, 2.24) is 4.72 Å². The number of carbonyl (C=O) groups excluding carboxylic acids is 1. The molecular formula is C11H17N3O3S. The largest absolute Gasteiger partial charge is 0.351 e. The van der Waals surface area contributed by atoms with Gasteiger partial charge in [-0.3, -0.25) is 0 Å². The molecule has 0 saturated carbocycles. The summed E-state index contributed by atoms with van der Waals surface area (Å²) >= 11 is 0. The summed E-state index contributed by atoms with van der Waals surface area (Å²) in [5, 5.41) is 2.36. The molecule has 0 bridgehead atoms. The van der Waals surface area contributed by atoms with Gasteiger partial charge in [0, 0.05) is 11.7 Å². The maximum atomic E-state index is 11.9. The Morgan fingerprint density at radius 2 is 1.89 bits per heavy atom. The molecule has 0 spiro atoms. The van der Waals surface area contributed by atoms with E-state index in [4.69, 9.17) is 5.73 Å². The summed E-state index contributed by atoms with van der Waals surface area (Å²) in [5.74, 6) is 0. The molecule has 0 aromatic heterocycles. The predicted molar refractivity (Wildman–Crippen MR) is 69.7 cm³/mol. The standard InChI is InChI=1S/C11H17N3O3S/c1-3-8(2)14-18(16,17)10-6-4-9(5-7-10)13-11(12)15/h4-8,14H,3H2,1-2H3,(H3,12,13,15). The minimum Gasteiger partial charge on any atom is -0.351 e. The third-order valence-electron chi connectivity index (χ3n) is 2.40. The first-order valence-corrected chi connectivity index (χ1v) is 7.02. The van der Waals surface area contributed by atoms with Crippen molar-refractivity contribution in [3.8, 4) is 0 Å². The number of benzene rings is 1. The summed E-state index contributed by atoms with van der Waals surface area (Å²) < 4.78 is 26.4. The number of sulfonamides is 1. The highest BCUT2D eigenvalue weighted by Crippen LogP contribution is 2.14. The van der Waals surface area contributed by atoms with Gasteiger partial charge in [-0.25, -0.2) is 17.9 Å². The fraction of sp³-hybridized carbons (Fsp3) is 0.364. The first-order valence-electron chi connectivity index (χ1n) is 5.54. The van der Waals surface area contributed by atoms with Crippen LogP contribution >= 0.6 is 0 Å². The van der Waals surface area contributed by atoms with Gasteiger partial charge in [0.2, 0.25) is 10.0 Å². The second-order valence-electron chi connectivity index (χ2n) is 3.94. The van der Waals surface area contributed by atoms with E-state index in [-0.39, 0.29) is 10.9 Å². The van der Waals surface area contributed by atoms with E-state index in [0.717, 1.165) is 0 Å². The zero-order chi connectivity index (χ0) is 13.8. The Bertz CT molecular complexity index is 511. The van der Waals surface area contributed by atoms with Gasteiger partial charge in [0.1, 0.15) is 0 Å². The van der Waals surface area contributed by atoms with Crippen LogP contribution in [0.2, 0.25) is 0 Å². The van der Waals surface area contributed by atoms with Gasteiger partial charge < -0.3 is 11.1 Å². The summed E-state index contributed by atoms with van der Waals surface area (Å²) in [6.07, 6.45) is 0.709. The van der Waals surface area contributed by atoms with Crippen molar-refractivity contribution in [2.75, 3.05) is 5.32 Å². The van der Waals surface area contributed by atoms with Gasteiger partial charge in [0.25, 0.3) is 0 Å². The second-order valence-corrected chi connectivity index (χ2v) is 5.66. The van der Waals surface area contributed by atoms with Gasteiger partial charge in [0.05, 0.1) is 4.90 Å². The minimum atomic E-state index is -3.51. The van der Waals surface area contributed by atoms with Crippen molar-refractivity contribution in [1.29, 1.82) is 0 Å². The van der Waals surface area contributed by atoms with E-state index < -0.39 is 16.1 Å². The molecule has 6 nitrogen and oxygen atoms in total. The molecule has 1 unspecified atom stereocenters. The first-order chi connectivity index (χ1) is 8.35. The van der Waals surface area contributed by atoms with Gasteiger partial charge in [-0.1, -0.05) is 6.92 Å². The SMILES string of the molecule is CCC(C)NS(=O)(=O)c1ccc(NC(N)=O)cc1. The van der Waals surface area contributed by atoms with Crippen LogP contribution in [0.1, 0.15) is 20.3 Å². The highest BCUT2D eigenvalue weighted by atomic mass is 32.2. The number of anilines is 1. The van der Waals surface area contributed by atoms with Crippen LogP contribution in [0.4, 0.5) is 10.5 Å². The summed E-state index contributed by atoms with van der Waals surface area (Å²) in [7, 11) is -3.51. The van der Waals surface area contributed by atoms with Crippen molar-refractivity contribution in [3.63, 3.8) is 0 Å². The van der Waals surface area contributed by atoms with Crippen molar-refractivity contribution in [2.45, 2.75) is 31.2 Å². The lowest BCUT2D eigenvalue weighted by Crippen LogP contribution is -2.32. The molecule has 0 aliphatic rings. The number of nitrogens with two attached hydrogens (primary N) is 1. The quantitative estimate of drug-likeness (QED) is 0.751. The molecule has 4 N–H and O–H groups in total. The Hall–Kier alpha value is -1.60. The monoisotopic (exact) mass is 271 g/mol. The molecule has 1 aromatic rings. The number of amides is 2. The molecular weight excluding hydrogens is 254 g/mol. The molecule has 1 aromatic carbocycles. The zero-order valence-corrected chi connectivity index (χ0v) is 11.1. The highest BCUT2D eigenvalue weighted by Gasteiger charge is 2.16. The van der Waals surface area contributed by atoms with E-state index in [0.29, 0.717) is 12.1 Å². The fourth-order valence-corrected chi connectivity index (χ4v) is 2.60. The lowest BCUT2D eigenvalue weighted by Gasteiger charge is -2.12. The van der Waals surface area contributed by atoms with E-state index in [2.05, 4.69) is 10.0 Å². The smallest absolute Gasteiger partial charge is 0.316 e. The highest BCUT2D eigenvalue weighted by molar-refractivity contribution is 7.89. The van der Waals surface area contributed by atoms with E-state index in [1.807, 2.05) is 6.92 Å². The number of primary amides is 1. The maximum absolute atomic E-state index is 11.9. The van der Waals surface area contributed by atoms with E-state index in [1.165, 1.54) is 24.3 Å². The van der Waals surface area contributed by atoms with E-state index in [9.17, 15) is 13.2 Å². The number of urea groups is 1. The van der Waals surface area contributed by atoms with Crippen LogP contribution in [0.3, 0.4) is 0 Å². The topological polar surface area (TPSA) is 101 Å². The molecule has 2 amide bonds. The van der Waals surface area contributed by atoms with Crippen LogP contribution in [0.5, 0.6) is 0 Å². The maximum Gasteiger partial charge on any atom is 0.316 e. The van der Waals surface area contributed by atoms with Gasteiger partial charge in [-0.2, -0.15) is 0 Å². The van der Waals surface area contributed by atoms with Crippen LogP contribution in [0, 0.1) is 0 Å². The molecule has 0 aliphatic heterocycles. The van der Waals surface area contributed by atoms with E-state index in [1.54, 1.807) is 6.92 Å². The molecule has 0 aliphatic carbocycles. The Labute approximate surface area is 107 Å². The van der Waals surface area contributed by atoms with Crippen LogP contribution in [0.25, 0.3) is 0 Å². The fourth-order valence-electron chi connectivity index (χ4n) is 1.28. The van der Waals surface area contributed by atoms with Crippen LogP contribution < -0.4 is 15.8 Å². The number of hydrogen-bond acceptors (Lipinski definition) is 3. The number of hydrogen-bond donors (Lipinski definition) is 3. The van der Waals surface area contributed by atoms with Gasteiger partial charge >= 0.3 is 6.03 Å². The Kier molecular flexibility index (Phi) is 4.69. The van der Waals surface area contributed by atoms with Gasteiger partial charge in [0.15, 0.2) is 0 Å². The molecule has 0 heterocycles.